The van der Waals surface area contributed by atoms with Crippen molar-refractivity contribution in [2.75, 3.05) is 19.7 Å². The Kier molecular flexibility index (Phi) is 5.30. The smallest absolute Gasteiger partial charge is 0.223 e. The normalized spacial score (nSPS) is 24.5. The molecule has 2 atom stereocenters. The fraction of sp³-hybridized carbons (Fsp3) is 0.900. The molecule has 0 spiro atoms. The molecule has 100 valence electrons. The van der Waals surface area contributed by atoms with Gasteiger partial charge in [-0.15, -0.1) is 0 Å². The number of nitrogens with zero attached hydrogens (tertiary/aromatic N) is 1. The van der Waals surface area contributed by atoms with Gasteiger partial charge in [0.1, 0.15) is 5.25 Å². The van der Waals surface area contributed by atoms with Crippen molar-refractivity contribution in [2.24, 2.45) is 5.73 Å². The van der Waals surface area contributed by atoms with Crippen LogP contribution in [-0.2, 0) is 14.8 Å². The molecule has 0 saturated carbocycles. The largest absolute Gasteiger partial charge is 0.392 e. The van der Waals surface area contributed by atoms with Crippen LogP contribution in [0.5, 0.6) is 0 Å². The fourth-order valence-electron chi connectivity index (χ4n) is 1.88. The highest BCUT2D eigenvalue weighted by molar-refractivity contribution is 7.92. The summed E-state index contributed by atoms with van der Waals surface area (Å²) in [7, 11) is -3.43. The highest BCUT2D eigenvalue weighted by atomic mass is 32.2. The van der Waals surface area contributed by atoms with Gasteiger partial charge in [0.25, 0.3) is 0 Å². The van der Waals surface area contributed by atoms with Crippen LogP contribution in [0.25, 0.3) is 0 Å². The van der Waals surface area contributed by atoms with Crippen molar-refractivity contribution in [3.05, 3.63) is 0 Å². The van der Waals surface area contributed by atoms with Crippen molar-refractivity contribution >= 4 is 27.2 Å². The van der Waals surface area contributed by atoms with Gasteiger partial charge in [-0.25, -0.2) is 8.42 Å². The van der Waals surface area contributed by atoms with E-state index in [4.69, 9.17) is 22.7 Å². The Morgan fingerprint density at radius 1 is 1.65 bits per heavy atom. The lowest BCUT2D eigenvalue weighted by Gasteiger charge is -2.33. The molecule has 1 rings (SSSR count). The van der Waals surface area contributed by atoms with Crippen molar-refractivity contribution in [3.8, 4) is 0 Å². The Hall–Kier alpha value is -0.240. The van der Waals surface area contributed by atoms with E-state index in [2.05, 4.69) is 0 Å². The number of rotatable bonds is 5. The number of nitrogens with two attached hydrogens (primary N) is 1. The standard InChI is InChI=1S/C10H20N2O3S2/c1-3-15-9-5-4-6-12(7-9)17(13,14)8(2)10(11)16/h8-9H,3-7H2,1-2H3,(H2,11,16). The van der Waals surface area contributed by atoms with Gasteiger partial charge in [-0.2, -0.15) is 4.31 Å². The first-order valence-corrected chi connectivity index (χ1v) is 7.70. The first kappa shape index (κ1) is 14.8. The minimum atomic E-state index is -3.43. The number of hydrogen-bond acceptors (Lipinski definition) is 4. The van der Waals surface area contributed by atoms with Gasteiger partial charge in [-0.3, -0.25) is 0 Å². The van der Waals surface area contributed by atoms with E-state index >= 15 is 0 Å². The second-order valence-electron chi connectivity index (χ2n) is 4.17. The molecule has 1 saturated heterocycles. The molecule has 2 unspecified atom stereocenters. The Balaban J connectivity index is 2.75. The predicted octanol–water partition coefficient (Wildman–Crippen LogP) is 0.492. The first-order chi connectivity index (χ1) is 7.89. The summed E-state index contributed by atoms with van der Waals surface area (Å²) < 4.78 is 31.3. The van der Waals surface area contributed by atoms with Crippen molar-refractivity contribution in [2.45, 2.75) is 38.0 Å². The van der Waals surface area contributed by atoms with Crippen molar-refractivity contribution < 1.29 is 13.2 Å². The van der Waals surface area contributed by atoms with Crippen LogP contribution in [0.3, 0.4) is 0 Å². The number of hydrogen-bond donors (Lipinski definition) is 1. The van der Waals surface area contributed by atoms with Gasteiger partial charge in [0.2, 0.25) is 10.0 Å². The number of sulfonamides is 1. The second kappa shape index (κ2) is 6.08. The highest BCUT2D eigenvalue weighted by Crippen LogP contribution is 2.19. The van der Waals surface area contributed by atoms with Gasteiger partial charge in [0.05, 0.1) is 11.1 Å². The van der Waals surface area contributed by atoms with Crippen LogP contribution in [0.15, 0.2) is 0 Å². The molecule has 1 aliphatic heterocycles. The molecular formula is C10H20N2O3S2. The minimum absolute atomic E-state index is 0.0120. The van der Waals surface area contributed by atoms with Crippen molar-refractivity contribution in [1.82, 2.24) is 4.31 Å². The summed E-state index contributed by atoms with van der Waals surface area (Å²) in [5.74, 6) is 0. The molecule has 0 bridgehead atoms. The van der Waals surface area contributed by atoms with E-state index in [1.807, 2.05) is 6.92 Å². The maximum absolute atomic E-state index is 12.2. The summed E-state index contributed by atoms with van der Waals surface area (Å²) in [6.07, 6.45) is 1.71. The zero-order chi connectivity index (χ0) is 13.1. The van der Waals surface area contributed by atoms with Crippen LogP contribution >= 0.6 is 12.2 Å². The third kappa shape index (κ3) is 3.61. The maximum Gasteiger partial charge on any atom is 0.223 e. The molecule has 0 aromatic rings. The zero-order valence-electron chi connectivity index (χ0n) is 10.3. The van der Waals surface area contributed by atoms with Crippen LogP contribution < -0.4 is 5.73 Å². The van der Waals surface area contributed by atoms with Crippen LogP contribution in [0.4, 0.5) is 0 Å². The van der Waals surface area contributed by atoms with E-state index in [-0.39, 0.29) is 11.1 Å². The maximum atomic E-state index is 12.2. The Morgan fingerprint density at radius 2 is 2.29 bits per heavy atom. The Morgan fingerprint density at radius 3 is 2.82 bits per heavy atom. The van der Waals surface area contributed by atoms with Crippen LogP contribution in [0.1, 0.15) is 26.7 Å². The quantitative estimate of drug-likeness (QED) is 0.742. The Bertz CT molecular complexity index is 368. The fourth-order valence-corrected chi connectivity index (χ4v) is 3.74. The van der Waals surface area contributed by atoms with Crippen molar-refractivity contribution in [3.63, 3.8) is 0 Å². The molecule has 0 aliphatic carbocycles. The monoisotopic (exact) mass is 280 g/mol. The van der Waals surface area contributed by atoms with E-state index in [0.717, 1.165) is 12.8 Å². The molecule has 1 fully saturated rings. The molecule has 17 heavy (non-hydrogen) atoms. The molecule has 5 nitrogen and oxygen atoms in total. The van der Waals surface area contributed by atoms with E-state index < -0.39 is 15.3 Å². The summed E-state index contributed by atoms with van der Waals surface area (Å²) >= 11 is 4.76. The van der Waals surface area contributed by atoms with Gasteiger partial charge in [-0.05, 0) is 26.7 Å². The summed E-state index contributed by atoms with van der Waals surface area (Å²) in [6.45, 7) is 4.97. The predicted molar refractivity (Wildman–Crippen MR) is 71.4 cm³/mol. The second-order valence-corrected chi connectivity index (χ2v) is 6.89. The molecule has 0 amide bonds. The average molecular weight is 280 g/mol. The molecule has 2 N–H and O–H groups in total. The SMILES string of the molecule is CCOC1CCCN(S(=O)(=O)C(C)C(N)=S)C1. The molecular weight excluding hydrogens is 260 g/mol. The zero-order valence-corrected chi connectivity index (χ0v) is 11.9. The van der Waals surface area contributed by atoms with Crippen LogP contribution in [0, 0.1) is 0 Å². The number of ether oxygens (including phenoxy) is 1. The van der Waals surface area contributed by atoms with Crippen LogP contribution in [0.2, 0.25) is 0 Å². The molecule has 1 aliphatic rings. The van der Waals surface area contributed by atoms with Gasteiger partial charge in [0, 0.05) is 19.7 Å². The minimum Gasteiger partial charge on any atom is -0.392 e. The van der Waals surface area contributed by atoms with Crippen LogP contribution in [-0.4, -0.2) is 48.8 Å². The summed E-state index contributed by atoms with van der Waals surface area (Å²) in [5, 5.41) is -0.808. The molecule has 0 aromatic carbocycles. The molecule has 1 heterocycles. The summed E-state index contributed by atoms with van der Waals surface area (Å²) in [6, 6.07) is 0. The highest BCUT2D eigenvalue weighted by Gasteiger charge is 2.34. The number of thiocarbonyl (C=S) groups is 1. The summed E-state index contributed by atoms with van der Waals surface area (Å²) in [4.78, 5) is 0.0172. The Labute approximate surface area is 108 Å². The summed E-state index contributed by atoms with van der Waals surface area (Å²) in [5.41, 5.74) is 5.42. The number of piperidine rings is 1. The lowest BCUT2D eigenvalue weighted by molar-refractivity contribution is 0.0264. The van der Waals surface area contributed by atoms with Gasteiger partial charge < -0.3 is 10.5 Å². The van der Waals surface area contributed by atoms with Gasteiger partial charge in [0.15, 0.2) is 0 Å². The lowest BCUT2D eigenvalue weighted by atomic mass is 10.1. The van der Waals surface area contributed by atoms with E-state index in [0.29, 0.717) is 19.7 Å². The molecule has 7 heteroatoms. The van der Waals surface area contributed by atoms with E-state index in [9.17, 15) is 8.42 Å². The van der Waals surface area contributed by atoms with Gasteiger partial charge in [-0.1, -0.05) is 12.2 Å². The van der Waals surface area contributed by atoms with Crippen molar-refractivity contribution in [1.29, 1.82) is 0 Å². The molecule has 0 radical (unpaired) electrons. The van der Waals surface area contributed by atoms with Gasteiger partial charge >= 0.3 is 0 Å². The topological polar surface area (TPSA) is 72.6 Å². The average Bonchev–Trinajstić information content (AvgIpc) is 2.28. The third-order valence-corrected chi connectivity index (χ3v) is 5.65. The van der Waals surface area contributed by atoms with E-state index in [1.165, 1.54) is 11.2 Å². The van der Waals surface area contributed by atoms with E-state index in [1.54, 1.807) is 0 Å². The first-order valence-electron chi connectivity index (χ1n) is 5.79. The third-order valence-electron chi connectivity index (χ3n) is 2.95. The molecule has 0 aromatic heterocycles. The lowest BCUT2D eigenvalue weighted by Crippen LogP contribution is -2.49.